The molecule has 1 saturated carbocycles. The highest BCUT2D eigenvalue weighted by Crippen LogP contribution is 2.31. The first-order valence-electron chi connectivity index (χ1n) is 8.14. The van der Waals surface area contributed by atoms with Crippen LogP contribution in [0.2, 0.25) is 0 Å². The van der Waals surface area contributed by atoms with E-state index in [9.17, 15) is 4.79 Å². The number of carbonyl (C=O) groups excluding carboxylic acids is 1. The van der Waals surface area contributed by atoms with Gasteiger partial charge in [-0.25, -0.2) is 0 Å². The minimum atomic E-state index is -0.472. The molecule has 1 aromatic rings. The normalized spacial score (nSPS) is 29.7. The number of aryl methyl sites for hydroxylation is 1. The summed E-state index contributed by atoms with van der Waals surface area (Å²) in [6.07, 6.45) is 7.63. The maximum absolute atomic E-state index is 12.6. The molecular formula is C16H28Cl2N4O2. The number of nitrogens with zero attached hydrogens (tertiary/aromatic N) is 3. The van der Waals surface area contributed by atoms with Gasteiger partial charge in [-0.05, 0) is 25.7 Å². The summed E-state index contributed by atoms with van der Waals surface area (Å²) in [5.41, 5.74) is 6.64. The number of nitrogens with two attached hydrogens (primary N) is 1. The molecule has 0 spiro atoms. The average molecular weight is 379 g/mol. The van der Waals surface area contributed by atoms with E-state index in [1.165, 1.54) is 0 Å². The summed E-state index contributed by atoms with van der Waals surface area (Å²) in [6.45, 7) is 3.84. The van der Waals surface area contributed by atoms with E-state index in [4.69, 9.17) is 10.5 Å². The Balaban J connectivity index is 0.00000144. The molecular weight excluding hydrogens is 351 g/mol. The number of hydrogen-bond donors (Lipinski definition) is 1. The third kappa shape index (κ3) is 4.42. The number of rotatable bonds is 3. The van der Waals surface area contributed by atoms with E-state index in [1.807, 2.05) is 31.3 Å². The van der Waals surface area contributed by atoms with Gasteiger partial charge in [0.25, 0.3) is 0 Å². The van der Waals surface area contributed by atoms with Gasteiger partial charge in [-0.2, -0.15) is 5.10 Å². The first kappa shape index (κ1) is 21.2. The van der Waals surface area contributed by atoms with E-state index in [-0.39, 0.29) is 36.8 Å². The first-order chi connectivity index (χ1) is 10.5. The van der Waals surface area contributed by atoms with Gasteiger partial charge in [0.2, 0.25) is 5.91 Å². The highest BCUT2D eigenvalue weighted by Gasteiger charge is 2.37. The lowest BCUT2D eigenvalue weighted by molar-refractivity contribution is -0.150. The van der Waals surface area contributed by atoms with Crippen LogP contribution in [0.15, 0.2) is 12.4 Å². The van der Waals surface area contributed by atoms with Crippen molar-refractivity contribution in [3.63, 3.8) is 0 Å². The predicted octanol–water partition coefficient (Wildman–Crippen LogP) is 1.86. The third-order valence-corrected chi connectivity index (χ3v) is 5.10. The topological polar surface area (TPSA) is 73.4 Å². The van der Waals surface area contributed by atoms with Crippen LogP contribution in [-0.4, -0.2) is 46.3 Å². The van der Waals surface area contributed by atoms with Crippen molar-refractivity contribution in [3.05, 3.63) is 18.0 Å². The summed E-state index contributed by atoms with van der Waals surface area (Å²) in [4.78, 5) is 14.5. The van der Waals surface area contributed by atoms with Crippen molar-refractivity contribution in [2.75, 3.05) is 19.7 Å². The minimum Gasteiger partial charge on any atom is -0.367 e. The van der Waals surface area contributed by atoms with Crippen LogP contribution in [0.4, 0.5) is 0 Å². The molecule has 6 nitrogen and oxygen atoms in total. The van der Waals surface area contributed by atoms with Crippen LogP contribution in [0, 0.1) is 5.92 Å². The number of ether oxygens (including phenoxy) is 1. The number of aromatic nitrogens is 2. The Bertz CT molecular complexity index is 554. The molecule has 0 radical (unpaired) electrons. The van der Waals surface area contributed by atoms with Crippen molar-refractivity contribution in [3.8, 4) is 0 Å². The first-order valence-corrected chi connectivity index (χ1v) is 8.14. The van der Waals surface area contributed by atoms with Gasteiger partial charge in [0.05, 0.1) is 19.3 Å². The van der Waals surface area contributed by atoms with Gasteiger partial charge in [0.15, 0.2) is 0 Å². The molecule has 1 aliphatic heterocycles. The fourth-order valence-electron chi connectivity index (χ4n) is 3.62. The molecule has 1 aromatic heterocycles. The van der Waals surface area contributed by atoms with Crippen LogP contribution in [0.25, 0.3) is 0 Å². The summed E-state index contributed by atoms with van der Waals surface area (Å²) in [5.74, 6) is 0.556. The molecule has 1 aliphatic carbocycles. The largest absolute Gasteiger partial charge is 0.367 e. The number of morpholine rings is 1. The highest BCUT2D eigenvalue weighted by atomic mass is 35.5. The molecule has 8 heteroatoms. The van der Waals surface area contributed by atoms with Gasteiger partial charge in [-0.1, -0.05) is 6.42 Å². The molecule has 3 rings (SSSR count). The van der Waals surface area contributed by atoms with Crippen LogP contribution >= 0.6 is 24.8 Å². The summed E-state index contributed by atoms with van der Waals surface area (Å²) < 4.78 is 7.73. The Morgan fingerprint density at radius 2 is 2.21 bits per heavy atom. The van der Waals surface area contributed by atoms with E-state index < -0.39 is 5.60 Å². The van der Waals surface area contributed by atoms with Crippen molar-refractivity contribution < 1.29 is 9.53 Å². The Hall–Kier alpha value is -0.820. The van der Waals surface area contributed by atoms with Gasteiger partial charge in [-0.3, -0.25) is 9.48 Å². The van der Waals surface area contributed by atoms with Crippen molar-refractivity contribution in [2.24, 2.45) is 18.7 Å². The van der Waals surface area contributed by atoms with Gasteiger partial charge in [-0.15, -0.1) is 24.8 Å². The standard InChI is InChI=1S/C16H26N4O2.2ClH/c1-16(13-9-18-19(2)10-13)11-20(6-7-22-16)15(21)8-12-4-3-5-14(12)17;;/h9-10,12,14H,3-8,11,17H2,1-2H3;2*1H/t12-,14+,16?;;/m0../s1. The number of halogens is 2. The molecule has 1 saturated heterocycles. The third-order valence-electron chi connectivity index (χ3n) is 5.10. The summed E-state index contributed by atoms with van der Waals surface area (Å²) in [5, 5.41) is 4.22. The summed E-state index contributed by atoms with van der Waals surface area (Å²) in [7, 11) is 1.89. The lowest BCUT2D eigenvalue weighted by Gasteiger charge is -2.40. The van der Waals surface area contributed by atoms with Gasteiger partial charge < -0.3 is 15.4 Å². The monoisotopic (exact) mass is 378 g/mol. The SMILES string of the molecule is Cl.Cl.Cn1cc(C2(C)CN(C(=O)C[C@@H]3CCC[C@H]3N)CCO2)cn1. The second-order valence-corrected chi connectivity index (χ2v) is 6.86. The lowest BCUT2D eigenvalue weighted by Crippen LogP contribution is -2.51. The molecule has 3 atom stereocenters. The Morgan fingerprint density at radius 1 is 1.46 bits per heavy atom. The molecule has 24 heavy (non-hydrogen) atoms. The highest BCUT2D eigenvalue weighted by molar-refractivity contribution is 5.85. The molecule has 138 valence electrons. The van der Waals surface area contributed by atoms with Crippen LogP contribution < -0.4 is 5.73 Å². The zero-order chi connectivity index (χ0) is 15.7. The van der Waals surface area contributed by atoms with Crippen LogP contribution in [-0.2, 0) is 22.2 Å². The second-order valence-electron chi connectivity index (χ2n) is 6.86. The van der Waals surface area contributed by atoms with Gasteiger partial charge >= 0.3 is 0 Å². The van der Waals surface area contributed by atoms with Crippen LogP contribution in [0.5, 0.6) is 0 Å². The zero-order valence-corrected chi connectivity index (χ0v) is 15.9. The molecule has 0 aromatic carbocycles. The van der Waals surface area contributed by atoms with E-state index in [0.717, 1.165) is 24.8 Å². The van der Waals surface area contributed by atoms with Crippen molar-refractivity contribution in [2.45, 2.75) is 44.2 Å². The predicted molar refractivity (Wildman–Crippen MR) is 97.5 cm³/mol. The van der Waals surface area contributed by atoms with Gasteiger partial charge in [0.1, 0.15) is 5.60 Å². The minimum absolute atomic E-state index is 0. The van der Waals surface area contributed by atoms with Crippen LogP contribution in [0.3, 0.4) is 0 Å². The Morgan fingerprint density at radius 3 is 2.79 bits per heavy atom. The quantitative estimate of drug-likeness (QED) is 0.870. The van der Waals surface area contributed by atoms with E-state index in [2.05, 4.69) is 5.10 Å². The average Bonchev–Trinajstić information content (AvgIpc) is 3.09. The second kappa shape index (κ2) is 8.52. The Kier molecular flexibility index (Phi) is 7.53. The number of carbonyl (C=O) groups is 1. The lowest BCUT2D eigenvalue weighted by atomic mass is 9.95. The molecule has 0 bridgehead atoms. The maximum atomic E-state index is 12.6. The van der Waals surface area contributed by atoms with E-state index in [0.29, 0.717) is 32.0 Å². The zero-order valence-electron chi connectivity index (χ0n) is 14.3. The smallest absolute Gasteiger partial charge is 0.223 e. The molecule has 1 amide bonds. The van der Waals surface area contributed by atoms with Gasteiger partial charge in [0, 0.05) is 37.8 Å². The summed E-state index contributed by atoms with van der Waals surface area (Å²) in [6, 6.07) is 0.190. The van der Waals surface area contributed by atoms with Crippen molar-refractivity contribution in [1.82, 2.24) is 14.7 Å². The molecule has 2 N–H and O–H groups in total. The van der Waals surface area contributed by atoms with Crippen LogP contribution in [0.1, 0.15) is 38.2 Å². The molecule has 2 aliphatic rings. The molecule has 2 heterocycles. The van der Waals surface area contributed by atoms with Crippen molar-refractivity contribution in [1.29, 1.82) is 0 Å². The number of amides is 1. The number of hydrogen-bond acceptors (Lipinski definition) is 4. The Labute approximate surface area is 155 Å². The fourth-order valence-corrected chi connectivity index (χ4v) is 3.62. The van der Waals surface area contributed by atoms with E-state index in [1.54, 1.807) is 4.68 Å². The van der Waals surface area contributed by atoms with Crippen molar-refractivity contribution >= 4 is 30.7 Å². The fraction of sp³-hybridized carbons (Fsp3) is 0.750. The van der Waals surface area contributed by atoms with E-state index >= 15 is 0 Å². The molecule has 2 fully saturated rings. The molecule has 1 unspecified atom stereocenters. The maximum Gasteiger partial charge on any atom is 0.223 e. The summed E-state index contributed by atoms with van der Waals surface area (Å²) >= 11 is 0.